The van der Waals surface area contributed by atoms with E-state index in [1.807, 2.05) is 0 Å². The van der Waals surface area contributed by atoms with Crippen LogP contribution in [0.5, 0.6) is 0 Å². The van der Waals surface area contributed by atoms with Crippen molar-refractivity contribution >= 4 is 0 Å². The molecular weight excluding hydrogens is 298 g/mol. The van der Waals surface area contributed by atoms with Gasteiger partial charge < -0.3 is 12.4 Å². The maximum atomic E-state index is 3.88. The third-order valence-corrected chi connectivity index (χ3v) is 3.85. The molecule has 0 radical (unpaired) electrons. The summed E-state index contributed by atoms with van der Waals surface area (Å²) in [4.78, 5) is 0. The molecule has 0 bridgehead atoms. The van der Waals surface area contributed by atoms with Gasteiger partial charge in [-0.1, -0.05) is 103 Å². The first-order chi connectivity index (χ1) is 8.91. The molecule has 0 aromatic carbocycles. The van der Waals surface area contributed by atoms with Crippen molar-refractivity contribution in [1.82, 2.24) is 0 Å². The van der Waals surface area contributed by atoms with E-state index >= 15 is 0 Å². The average molecular weight is 335 g/mol. The minimum Gasteiger partial charge on any atom is -2.00 e. The first kappa shape index (κ1) is 25.5. The molecule has 0 N–H and O–H groups in total. The summed E-state index contributed by atoms with van der Waals surface area (Å²) in [7, 11) is 0. The molecule has 0 aliphatic rings. The molecule has 0 aromatic rings. The van der Waals surface area contributed by atoms with Crippen molar-refractivity contribution in [2.75, 3.05) is 0 Å². The van der Waals surface area contributed by atoms with Crippen LogP contribution in [0.3, 0.4) is 0 Å². The zero-order valence-electron chi connectivity index (χ0n) is 14.1. The van der Waals surface area contributed by atoms with Crippen molar-refractivity contribution < 1.29 is 25.0 Å². The first-order valence-corrected chi connectivity index (χ1v) is 8.71. The van der Waals surface area contributed by atoms with Gasteiger partial charge in [-0.2, -0.15) is 6.42 Å². The van der Waals surface area contributed by atoms with E-state index in [2.05, 4.69) is 13.8 Å². The van der Waals surface area contributed by atoms with Gasteiger partial charge >= 0.3 is 19.5 Å². The van der Waals surface area contributed by atoms with Crippen molar-refractivity contribution in [2.24, 2.45) is 0 Å². The molecule has 118 valence electrons. The van der Waals surface area contributed by atoms with Crippen molar-refractivity contribution in [3.05, 3.63) is 6.92 Å². The van der Waals surface area contributed by atoms with Crippen LogP contribution in [-0.2, 0) is 25.0 Å². The Morgan fingerprint density at radius 1 is 0.500 bits per heavy atom. The molecule has 0 spiro atoms. The summed E-state index contributed by atoms with van der Waals surface area (Å²) in [5.74, 6) is 0. The molecule has 0 atom stereocenters. The molecule has 0 saturated heterocycles. The van der Waals surface area contributed by atoms with E-state index in [0.717, 1.165) is 6.42 Å². The van der Waals surface area contributed by atoms with Crippen LogP contribution in [0.1, 0.15) is 110 Å². The molecule has 0 aliphatic carbocycles. The van der Waals surface area contributed by atoms with E-state index in [9.17, 15) is 0 Å². The summed E-state index contributed by atoms with van der Waals surface area (Å²) >= 11 is 0. The molecule has 20 heavy (non-hydrogen) atoms. The molecule has 0 saturated carbocycles. The van der Waals surface area contributed by atoms with E-state index in [1.54, 1.807) is 0 Å². The Labute approximate surface area is 141 Å². The van der Waals surface area contributed by atoms with E-state index in [-0.39, 0.29) is 25.0 Å². The Morgan fingerprint density at radius 2 is 0.750 bits per heavy atom. The standard InChI is InChI=1S/C18H37.O.Zn/c1-3-5-7-9-11-13-15-17-18-16-14-12-10-8-6-4-2;;/h1,3-18H2,2H3;;/q-1;-2;+2. The minimum absolute atomic E-state index is 0. The third kappa shape index (κ3) is 23.7. The van der Waals surface area contributed by atoms with Crippen molar-refractivity contribution in [2.45, 2.75) is 110 Å². The first-order valence-electron chi connectivity index (χ1n) is 8.71. The number of rotatable bonds is 15. The normalized spacial score (nSPS) is 9.90. The van der Waals surface area contributed by atoms with Gasteiger partial charge in [-0.3, -0.25) is 0 Å². The van der Waals surface area contributed by atoms with Crippen LogP contribution in [0.25, 0.3) is 0 Å². The van der Waals surface area contributed by atoms with Crippen LogP contribution in [0.4, 0.5) is 0 Å². The molecule has 0 heterocycles. The number of unbranched alkanes of at least 4 members (excludes halogenated alkanes) is 15. The predicted molar refractivity (Wildman–Crippen MR) is 85.6 cm³/mol. The number of hydrogen-bond acceptors (Lipinski definition) is 0. The van der Waals surface area contributed by atoms with Crippen molar-refractivity contribution in [3.63, 3.8) is 0 Å². The predicted octanol–water partition coefficient (Wildman–Crippen LogP) is 6.96. The summed E-state index contributed by atoms with van der Waals surface area (Å²) in [6.07, 6.45) is 22.8. The molecule has 0 aliphatic heterocycles. The molecular formula is C18H37OZn-. The molecule has 0 aromatic heterocycles. The van der Waals surface area contributed by atoms with Gasteiger partial charge in [0.05, 0.1) is 0 Å². The summed E-state index contributed by atoms with van der Waals surface area (Å²) < 4.78 is 0. The minimum atomic E-state index is 0. The van der Waals surface area contributed by atoms with Crippen LogP contribution >= 0.6 is 0 Å². The molecule has 1 nitrogen and oxygen atoms in total. The summed E-state index contributed by atoms with van der Waals surface area (Å²) in [6.45, 7) is 6.18. The second-order valence-electron chi connectivity index (χ2n) is 5.80. The number of hydrogen-bond donors (Lipinski definition) is 0. The van der Waals surface area contributed by atoms with Gasteiger partial charge in [0.2, 0.25) is 0 Å². The SMILES string of the molecule is [CH2-]CCCCCCCCCCCCCCCCC.[O-2].[Zn+2]. The van der Waals surface area contributed by atoms with Gasteiger partial charge in [0.15, 0.2) is 0 Å². The molecule has 0 fully saturated rings. The quantitative estimate of drug-likeness (QED) is 0.176. The van der Waals surface area contributed by atoms with E-state index in [1.165, 1.54) is 96.3 Å². The smallest absolute Gasteiger partial charge is 2.00 e. The Kier molecular flexibility index (Phi) is 31.4. The van der Waals surface area contributed by atoms with Gasteiger partial charge in [0.1, 0.15) is 0 Å². The van der Waals surface area contributed by atoms with Crippen LogP contribution in [-0.4, -0.2) is 0 Å². The summed E-state index contributed by atoms with van der Waals surface area (Å²) in [5.41, 5.74) is 0. The maximum absolute atomic E-state index is 3.88. The van der Waals surface area contributed by atoms with Crippen molar-refractivity contribution in [1.29, 1.82) is 0 Å². The van der Waals surface area contributed by atoms with Crippen LogP contribution in [0.2, 0.25) is 0 Å². The largest absolute Gasteiger partial charge is 2.00 e. The zero-order valence-corrected chi connectivity index (χ0v) is 17.1. The van der Waals surface area contributed by atoms with Crippen LogP contribution < -0.4 is 0 Å². The Morgan fingerprint density at radius 3 is 1.00 bits per heavy atom. The second kappa shape index (κ2) is 24.6. The van der Waals surface area contributed by atoms with Crippen molar-refractivity contribution in [3.8, 4) is 0 Å². The van der Waals surface area contributed by atoms with E-state index in [0.29, 0.717) is 0 Å². The Hall–Kier alpha value is 0.583. The molecule has 0 unspecified atom stereocenters. The molecule has 2 heteroatoms. The van der Waals surface area contributed by atoms with Gasteiger partial charge in [0.25, 0.3) is 0 Å². The van der Waals surface area contributed by atoms with E-state index in [4.69, 9.17) is 0 Å². The fraction of sp³-hybridized carbons (Fsp3) is 0.944. The van der Waals surface area contributed by atoms with Gasteiger partial charge in [-0.25, -0.2) is 0 Å². The third-order valence-electron chi connectivity index (χ3n) is 3.85. The molecule has 0 rings (SSSR count). The molecule has 0 amide bonds. The van der Waals surface area contributed by atoms with Crippen LogP contribution in [0.15, 0.2) is 0 Å². The summed E-state index contributed by atoms with van der Waals surface area (Å²) in [6, 6.07) is 0. The Balaban J connectivity index is -0.00000144. The van der Waals surface area contributed by atoms with Gasteiger partial charge in [0, 0.05) is 0 Å². The zero-order chi connectivity index (χ0) is 13.3. The maximum Gasteiger partial charge on any atom is 2.00 e. The monoisotopic (exact) mass is 333 g/mol. The van der Waals surface area contributed by atoms with Crippen LogP contribution in [0, 0.1) is 6.92 Å². The topological polar surface area (TPSA) is 28.5 Å². The van der Waals surface area contributed by atoms with Gasteiger partial charge in [-0.05, 0) is 0 Å². The summed E-state index contributed by atoms with van der Waals surface area (Å²) in [5, 5.41) is 0. The fourth-order valence-corrected chi connectivity index (χ4v) is 2.55. The van der Waals surface area contributed by atoms with Gasteiger partial charge in [-0.15, -0.1) is 0 Å². The van der Waals surface area contributed by atoms with E-state index < -0.39 is 0 Å². The average Bonchev–Trinajstić information content (AvgIpc) is 2.39. The fourth-order valence-electron chi connectivity index (χ4n) is 2.55. The second-order valence-corrected chi connectivity index (χ2v) is 5.80. The Bertz CT molecular complexity index is 123.